The molecule has 0 radical (unpaired) electrons. The van der Waals surface area contributed by atoms with E-state index in [1.165, 1.54) is 18.6 Å². The van der Waals surface area contributed by atoms with E-state index in [0.717, 1.165) is 11.5 Å². The number of nitrogens with one attached hydrogen (secondary N) is 2. The van der Waals surface area contributed by atoms with E-state index in [4.69, 9.17) is 4.55 Å². The van der Waals surface area contributed by atoms with Gasteiger partial charge in [-0.3, -0.25) is 14.6 Å². The Morgan fingerprint density at radius 3 is 2.37 bits per heavy atom. The molecule has 7 nitrogen and oxygen atoms in total. The third-order valence-electron chi connectivity index (χ3n) is 3.01. The van der Waals surface area contributed by atoms with Crippen molar-refractivity contribution in [2.75, 3.05) is 5.88 Å². The normalized spacial score (nSPS) is 11.1. The van der Waals surface area contributed by atoms with Gasteiger partial charge in [0.25, 0.3) is 5.91 Å². The maximum atomic E-state index is 12.2. The summed E-state index contributed by atoms with van der Waals surface area (Å²) in [4.78, 5) is 32.1. The highest BCUT2D eigenvalue weighted by Crippen LogP contribution is 2.05. The van der Waals surface area contributed by atoms with Crippen molar-refractivity contribution in [3.05, 3.63) is 60.2 Å². The fraction of sp³-hybridized carbons (Fsp3) is 0.368. The van der Waals surface area contributed by atoms with Crippen LogP contribution in [-0.2, 0) is 11.2 Å². The Morgan fingerprint density at radius 1 is 1.15 bits per heavy atom. The molecule has 0 spiro atoms. The Bertz CT molecular complexity index is 681. The Morgan fingerprint density at radius 2 is 1.81 bits per heavy atom. The van der Waals surface area contributed by atoms with Crippen LogP contribution in [0.1, 0.15) is 36.8 Å². The van der Waals surface area contributed by atoms with Gasteiger partial charge in [-0.1, -0.05) is 51.1 Å². The van der Waals surface area contributed by atoms with Gasteiger partial charge in [0.2, 0.25) is 5.91 Å². The topological polar surface area (TPSA) is 104 Å². The van der Waals surface area contributed by atoms with Crippen LogP contribution in [0, 0.1) is 5.92 Å². The van der Waals surface area contributed by atoms with Crippen LogP contribution in [0.25, 0.3) is 0 Å². The fourth-order valence-electron chi connectivity index (χ4n) is 1.93. The van der Waals surface area contributed by atoms with Crippen LogP contribution in [0.3, 0.4) is 0 Å². The molecule has 1 heterocycles. The number of hydrogen-bond acceptors (Lipinski definition) is 6. The minimum absolute atomic E-state index is 0.0468. The van der Waals surface area contributed by atoms with Crippen LogP contribution in [0.2, 0.25) is 0 Å². The smallest absolute Gasteiger partial charge is 0.272 e. The highest BCUT2D eigenvalue weighted by molar-refractivity contribution is 7.93. The molecule has 146 valence electrons. The van der Waals surface area contributed by atoms with E-state index in [1.807, 2.05) is 30.3 Å². The maximum Gasteiger partial charge on any atom is 0.272 e. The zero-order chi connectivity index (χ0) is 20.1. The fourth-order valence-corrected chi connectivity index (χ4v) is 2.14. The maximum absolute atomic E-state index is 12.2. The molecule has 0 aliphatic carbocycles. The number of hydrogen-bond donors (Lipinski definition) is 3. The number of benzene rings is 1. The molecule has 1 aromatic heterocycles. The van der Waals surface area contributed by atoms with Gasteiger partial charge in [-0.25, -0.2) is 4.98 Å². The minimum atomic E-state index is -0.779. The molecule has 8 heteroatoms. The van der Waals surface area contributed by atoms with Crippen LogP contribution in [0.4, 0.5) is 0 Å². The number of amides is 2. The third-order valence-corrected chi connectivity index (χ3v) is 3.28. The predicted octanol–water partition coefficient (Wildman–Crippen LogP) is 2.76. The highest BCUT2D eigenvalue weighted by atomic mass is 32.2. The number of rotatable bonds is 7. The largest absolute Gasteiger partial charge is 0.343 e. The van der Waals surface area contributed by atoms with E-state index in [1.54, 1.807) is 0 Å². The first kappa shape index (κ1) is 22.6. The molecule has 0 aliphatic heterocycles. The van der Waals surface area contributed by atoms with Crippen LogP contribution in [0.15, 0.2) is 48.9 Å². The number of nitrogens with zero attached hydrogens (tertiary/aromatic N) is 2. The first-order valence-corrected chi connectivity index (χ1v) is 9.53. The molecule has 2 aromatic rings. The predicted molar refractivity (Wildman–Crippen MR) is 107 cm³/mol. The molecule has 1 aromatic carbocycles. The van der Waals surface area contributed by atoms with E-state index in [9.17, 15) is 9.59 Å². The second-order valence-electron chi connectivity index (χ2n) is 6.35. The van der Waals surface area contributed by atoms with Crippen molar-refractivity contribution in [3.8, 4) is 0 Å². The number of carbonyl (C=O) groups is 2. The second kappa shape index (κ2) is 12.8. The molecule has 1 unspecified atom stereocenters. The van der Waals surface area contributed by atoms with Crippen LogP contribution < -0.4 is 10.6 Å². The van der Waals surface area contributed by atoms with Gasteiger partial charge < -0.3 is 15.2 Å². The van der Waals surface area contributed by atoms with Gasteiger partial charge in [-0.2, -0.15) is 0 Å². The summed E-state index contributed by atoms with van der Waals surface area (Å²) in [5, 5.41) is 5.18. The zero-order valence-electron chi connectivity index (χ0n) is 15.8. The van der Waals surface area contributed by atoms with Gasteiger partial charge in [-0.05, 0) is 11.5 Å². The lowest BCUT2D eigenvalue weighted by atomic mass is 10.1. The van der Waals surface area contributed by atoms with Gasteiger partial charge in [-0.15, -0.1) is 0 Å². The van der Waals surface area contributed by atoms with E-state index in [0.29, 0.717) is 18.5 Å². The summed E-state index contributed by atoms with van der Waals surface area (Å²) in [6.07, 6.45) is 4.53. The van der Waals surface area contributed by atoms with Crippen molar-refractivity contribution >= 4 is 23.9 Å². The Kier molecular flexibility index (Phi) is 10.7. The van der Waals surface area contributed by atoms with Crippen molar-refractivity contribution in [1.82, 2.24) is 20.6 Å². The first-order chi connectivity index (χ1) is 12.9. The van der Waals surface area contributed by atoms with Crippen LogP contribution >= 0.6 is 12.0 Å². The molecule has 27 heavy (non-hydrogen) atoms. The molecular weight excluding hydrogens is 364 g/mol. The number of carbonyl (C=O) groups excluding carboxylic acids is 2. The second-order valence-corrected chi connectivity index (χ2v) is 6.90. The lowest BCUT2D eigenvalue weighted by Gasteiger charge is -2.18. The SMILES string of the molecule is CC(C)C.O=C(NC(Cc1ccccc1)C(=O)NCSO)c1cnccn1. The zero-order valence-corrected chi connectivity index (χ0v) is 16.6. The highest BCUT2D eigenvalue weighted by Gasteiger charge is 2.22. The standard InChI is InChI=1S/C15H16N4O3S.C4H10/c20-14(18-10-23-22)12(8-11-4-2-1-3-5-11)19-15(21)13-9-16-6-7-17-13;1-4(2)3/h1-7,9,12,22H,8,10H2,(H,18,20)(H,19,21);4H,1-3H3. The molecule has 0 aliphatic rings. The summed E-state index contributed by atoms with van der Waals surface area (Å²) in [5.74, 6) is 0.0176. The van der Waals surface area contributed by atoms with Gasteiger partial charge >= 0.3 is 0 Å². The Balaban J connectivity index is 0.000000828. The van der Waals surface area contributed by atoms with E-state index >= 15 is 0 Å². The monoisotopic (exact) mass is 390 g/mol. The molecule has 0 saturated carbocycles. The van der Waals surface area contributed by atoms with Crippen LogP contribution in [0.5, 0.6) is 0 Å². The van der Waals surface area contributed by atoms with Gasteiger partial charge in [0, 0.05) is 30.9 Å². The number of aromatic nitrogens is 2. The van der Waals surface area contributed by atoms with Gasteiger partial charge in [0.05, 0.1) is 12.1 Å². The lowest BCUT2D eigenvalue weighted by Crippen LogP contribution is -2.48. The van der Waals surface area contributed by atoms with Gasteiger partial charge in [0.1, 0.15) is 11.7 Å². The van der Waals surface area contributed by atoms with E-state index in [-0.39, 0.29) is 17.5 Å². The summed E-state index contributed by atoms with van der Waals surface area (Å²) in [6, 6.07) is 8.56. The molecule has 0 saturated heterocycles. The van der Waals surface area contributed by atoms with Crippen molar-refractivity contribution in [3.63, 3.8) is 0 Å². The average Bonchev–Trinajstić information content (AvgIpc) is 2.66. The van der Waals surface area contributed by atoms with Crippen LogP contribution in [-0.4, -0.2) is 38.3 Å². The summed E-state index contributed by atoms with van der Waals surface area (Å²) in [5.41, 5.74) is 1.04. The molecular formula is C19H26N4O3S. The molecule has 3 N–H and O–H groups in total. The Labute approximate surface area is 164 Å². The van der Waals surface area contributed by atoms with Crippen molar-refractivity contribution in [2.24, 2.45) is 5.92 Å². The Hall–Kier alpha value is -2.45. The minimum Gasteiger partial charge on any atom is -0.343 e. The first-order valence-electron chi connectivity index (χ1n) is 8.59. The van der Waals surface area contributed by atoms with Crippen molar-refractivity contribution in [1.29, 1.82) is 0 Å². The molecule has 1 atom stereocenters. The molecule has 2 rings (SSSR count). The van der Waals surface area contributed by atoms with Crippen molar-refractivity contribution < 1.29 is 14.1 Å². The molecule has 0 bridgehead atoms. The summed E-state index contributed by atoms with van der Waals surface area (Å²) in [6.45, 7) is 6.50. The quantitative estimate of drug-likeness (QED) is 0.496. The third kappa shape index (κ3) is 9.72. The van der Waals surface area contributed by atoms with Gasteiger partial charge in [0.15, 0.2) is 0 Å². The lowest BCUT2D eigenvalue weighted by molar-refractivity contribution is -0.122. The van der Waals surface area contributed by atoms with Crippen molar-refractivity contribution in [2.45, 2.75) is 33.2 Å². The van der Waals surface area contributed by atoms with E-state index in [2.05, 4.69) is 41.4 Å². The summed E-state index contributed by atoms with van der Waals surface area (Å²) >= 11 is 0.502. The van der Waals surface area contributed by atoms with E-state index < -0.39 is 11.9 Å². The molecule has 2 amide bonds. The average molecular weight is 391 g/mol. The summed E-state index contributed by atoms with van der Waals surface area (Å²) < 4.78 is 8.74. The summed E-state index contributed by atoms with van der Waals surface area (Å²) in [7, 11) is 0. The molecule has 0 fully saturated rings.